The van der Waals surface area contributed by atoms with Crippen LogP contribution in [-0.4, -0.2) is 35.7 Å². The van der Waals surface area contributed by atoms with E-state index in [9.17, 15) is 4.79 Å². The van der Waals surface area contributed by atoms with Crippen LogP contribution in [0, 0.1) is 5.92 Å². The van der Waals surface area contributed by atoms with Crippen molar-refractivity contribution in [3.8, 4) is 0 Å². The van der Waals surface area contributed by atoms with Crippen molar-refractivity contribution in [2.45, 2.75) is 51.4 Å². The summed E-state index contributed by atoms with van der Waals surface area (Å²) >= 11 is 1.79. The van der Waals surface area contributed by atoms with Gasteiger partial charge in [-0.05, 0) is 30.9 Å². The monoisotopic (exact) mass is 273 g/mol. The van der Waals surface area contributed by atoms with Gasteiger partial charge in [-0.2, -0.15) is 11.8 Å². The number of aliphatic hydroxyl groups is 1. The maximum absolute atomic E-state index is 11.8. The zero-order chi connectivity index (χ0) is 13.1. The molecule has 0 heterocycles. The van der Waals surface area contributed by atoms with E-state index in [1.54, 1.807) is 11.8 Å². The smallest absolute Gasteiger partial charge is 0.220 e. The second kappa shape index (κ2) is 10.7. The van der Waals surface area contributed by atoms with E-state index in [0.29, 0.717) is 5.92 Å². The quantitative estimate of drug-likeness (QED) is 0.528. The molecule has 3 nitrogen and oxygen atoms in total. The fraction of sp³-hybridized carbons (Fsp3) is 0.929. The van der Waals surface area contributed by atoms with Crippen molar-refractivity contribution in [3.63, 3.8) is 0 Å². The fourth-order valence-electron chi connectivity index (χ4n) is 2.43. The van der Waals surface area contributed by atoms with Crippen LogP contribution in [0.25, 0.3) is 0 Å². The fourth-order valence-corrected chi connectivity index (χ4v) is 3.22. The SMILES string of the molecule is O=C(CC1CCCCCC1)NCCSCCCO. The van der Waals surface area contributed by atoms with Crippen molar-refractivity contribution >= 4 is 17.7 Å². The molecular weight excluding hydrogens is 246 g/mol. The Morgan fingerprint density at radius 3 is 2.56 bits per heavy atom. The minimum atomic E-state index is 0.227. The zero-order valence-corrected chi connectivity index (χ0v) is 12.1. The first-order valence-corrected chi connectivity index (χ1v) is 8.43. The van der Waals surface area contributed by atoms with Gasteiger partial charge in [0.2, 0.25) is 5.91 Å². The molecule has 1 aliphatic rings. The van der Waals surface area contributed by atoms with Crippen LogP contribution < -0.4 is 5.32 Å². The summed E-state index contributed by atoms with van der Waals surface area (Å²) < 4.78 is 0. The first kappa shape index (κ1) is 15.8. The molecule has 0 radical (unpaired) electrons. The highest BCUT2D eigenvalue weighted by Gasteiger charge is 2.15. The molecule has 106 valence electrons. The molecule has 0 aromatic heterocycles. The lowest BCUT2D eigenvalue weighted by atomic mass is 9.96. The van der Waals surface area contributed by atoms with Crippen molar-refractivity contribution in [2.75, 3.05) is 24.7 Å². The van der Waals surface area contributed by atoms with Crippen molar-refractivity contribution in [2.24, 2.45) is 5.92 Å². The van der Waals surface area contributed by atoms with Crippen LogP contribution in [0.5, 0.6) is 0 Å². The van der Waals surface area contributed by atoms with E-state index in [2.05, 4.69) is 5.32 Å². The summed E-state index contributed by atoms with van der Waals surface area (Å²) in [5.74, 6) is 2.78. The van der Waals surface area contributed by atoms with E-state index < -0.39 is 0 Å². The molecule has 18 heavy (non-hydrogen) atoms. The molecule has 4 heteroatoms. The van der Waals surface area contributed by atoms with Crippen LogP contribution in [0.2, 0.25) is 0 Å². The van der Waals surface area contributed by atoms with E-state index in [1.807, 2.05) is 0 Å². The summed E-state index contributed by atoms with van der Waals surface area (Å²) in [6.45, 7) is 1.03. The third-order valence-corrected chi connectivity index (χ3v) is 4.53. The third-order valence-electron chi connectivity index (χ3n) is 3.46. The van der Waals surface area contributed by atoms with Crippen LogP contribution in [0.3, 0.4) is 0 Å². The number of nitrogens with one attached hydrogen (secondary N) is 1. The Morgan fingerprint density at radius 2 is 1.89 bits per heavy atom. The molecular formula is C14H27NO2S. The predicted molar refractivity (Wildman–Crippen MR) is 77.8 cm³/mol. The summed E-state index contributed by atoms with van der Waals surface area (Å²) in [5, 5.41) is 11.6. The normalized spacial score (nSPS) is 17.4. The molecule has 1 rings (SSSR count). The molecule has 1 aliphatic carbocycles. The Bertz CT molecular complexity index is 216. The van der Waals surface area contributed by atoms with Gasteiger partial charge in [0.05, 0.1) is 0 Å². The standard InChI is InChI=1S/C14H27NO2S/c16-9-5-10-18-11-8-15-14(17)12-13-6-3-1-2-4-7-13/h13,16H,1-12H2,(H,15,17). The molecule has 1 fully saturated rings. The number of carbonyl (C=O) groups is 1. The summed E-state index contributed by atoms with van der Waals surface area (Å²) in [6, 6.07) is 0. The van der Waals surface area contributed by atoms with Crippen LogP contribution in [0.1, 0.15) is 51.4 Å². The molecule has 0 unspecified atom stereocenters. The predicted octanol–water partition coefficient (Wildman–Crippen LogP) is 2.58. The molecule has 0 atom stereocenters. The lowest BCUT2D eigenvalue weighted by Crippen LogP contribution is -2.27. The molecule has 0 saturated heterocycles. The molecule has 1 amide bonds. The number of carbonyl (C=O) groups excluding carboxylic acids is 1. The van der Waals surface area contributed by atoms with E-state index in [-0.39, 0.29) is 12.5 Å². The summed E-state index contributed by atoms with van der Waals surface area (Å²) in [5.41, 5.74) is 0. The molecule has 0 aromatic rings. The van der Waals surface area contributed by atoms with Gasteiger partial charge >= 0.3 is 0 Å². The van der Waals surface area contributed by atoms with E-state index >= 15 is 0 Å². The molecule has 1 saturated carbocycles. The second-order valence-electron chi connectivity index (χ2n) is 5.10. The molecule has 0 spiro atoms. The Morgan fingerprint density at radius 1 is 1.17 bits per heavy atom. The zero-order valence-electron chi connectivity index (χ0n) is 11.3. The summed E-state index contributed by atoms with van der Waals surface area (Å²) in [6.07, 6.45) is 9.34. The number of aliphatic hydroxyl groups excluding tert-OH is 1. The number of hydrogen-bond acceptors (Lipinski definition) is 3. The number of amides is 1. The van der Waals surface area contributed by atoms with Gasteiger partial charge in [0.15, 0.2) is 0 Å². The average Bonchev–Trinajstić information content (AvgIpc) is 2.62. The minimum absolute atomic E-state index is 0.227. The van der Waals surface area contributed by atoms with Gasteiger partial charge < -0.3 is 10.4 Å². The van der Waals surface area contributed by atoms with Gasteiger partial charge in [-0.15, -0.1) is 0 Å². The number of thioether (sulfide) groups is 1. The van der Waals surface area contributed by atoms with Gasteiger partial charge in [0.1, 0.15) is 0 Å². The van der Waals surface area contributed by atoms with E-state index in [0.717, 1.165) is 30.9 Å². The van der Waals surface area contributed by atoms with Crippen molar-refractivity contribution < 1.29 is 9.90 Å². The molecule has 0 bridgehead atoms. The highest BCUT2D eigenvalue weighted by Crippen LogP contribution is 2.25. The maximum Gasteiger partial charge on any atom is 0.220 e. The first-order chi connectivity index (χ1) is 8.83. The van der Waals surface area contributed by atoms with Crippen LogP contribution in [-0.2, 0) is 4.79 Å². The Balaban J connectivity index is 1.98. The van der Waals surface area contributed by atoms with Gasteiger partial charge in [-0.25, -0.2) is 0 Å². The van der Waals surface area contributed by atoms with Gasteiger partial charge in [0.25, 0.3) is 0 Å². The van der Waals surface area contributed by atoms with E-state index in [1.165, 1.54) is 38.5 Å². The second-order valence-corrected chi connectivity index (χ2v) is 6.33. The molecule has 2 N–H and O–H groups in total. The number of rotatable bonds is 8. The highest BCUT2D eigenvalue weighted by atomic mass is 32.2. The van der Waals surface area contributed by atoms with Crippen LogP contribution in [0.4, 0.5) is 0 Å². The Labute approximate surface area is 115 Å². The molecule has 0 aliphatic heterocycles. The lowest BCUT2D eigenvalue weighted by Gasteiger charge is -2.13. The van der Waals surface area contributed by atoms with Crippen molar-refractivity contribution in [1.82, 2.24) is 5.32 Å². The Hall–Kier alpha value is -0.220. The average molecular weight is 273 g/mol. The van der Waals surface area contributed by atoms with Crippen LogP contribution in [0.15, 0.2) is 0 Å². The van der Waals surface area contributed by atoms with Crippen molar-refractivity contribution in [3.05, 3.63) is 0 Å². The Kier molecular flexibility index (Phi) is 9.40. The van der Waals surface area contributed by atoms with Gasteiger partial charge in [-0.3, -0.25) is 4.79 Å². The lowest BCUT2D eigenvalue weighted by molar-refractivity contribution is -0.122. The number of hydrogen-bond donors (Lipinski definition) is 2. The largest absolute Gasteiger partial charge is 0.396 e. The topological polar surface area (TPSA) is 49.3 Å². The maximum atomic E-state index is 11.8. The first-order valence-electron chi connectivity index (χ1n) is 7.28. The molecule has 0 aromatic carbocycles. The third kappa shape index (κ3) is 7.98. The highest BCUT2D eigenvalue weighted by molar-refractivity contribution is 7.99. The summed E-state index contributed by atoms with van der Waals surface area (Å²) in [7, 11) is 0. The summed E-state index contributed by atoms with van der Waals surface area (Å²) in [4.78, 5) is 11.8. The van der Waals surface area contributed by atoms with Gasteiger partial charge in [0, 0.05) is 25.3 Å². The van der Waals surface area contributed by atoms with Crippen LogP contribution >= 0.6 is 11.8 Å². The van der Waals surface area contributed by atoms with Gasteiger partial charge in [-0.1, -0.05) is 25.7 Å². The van der Waals surface area contributed by atoms with E-state index in [4.69, 9.17) is 5.11 Å². The minimum Gasteiger partial charge on any atom is -0.396 e. The van der Waals surface area contributed by atoms with Crippen molar-refractivity contribution in [1.29, 1.82) is 0 Å².